The Morgan fingerprint density at radius 1 is 1.13 bits per heavy atom. The molecular formula is C17H17Cl2NO3. The summed E-state index contributed by atoms with van der Waals surface area (Å²) in [6.07, 6.45) is 0. The molecule has 0 spiro atoms. The van der Waals surface area contributed by atoms with Gasteiger partial charge in [0.25, 0.3) is 5.91 Å². The minimum absolute atomic E-state index is 0.0941. The average molecular weight is 354 g/mol. The van der Waals surface area contributed by atoms with Crippen molar-refractivity contribution < 1.29 is 14.3 Å². The number of ether oxygens (including phenoxy) is 2. The van der Waals surface area contributed by atoms with Crippen LogP contribution in [-0.2, 0) is 11.3 Å². The monoisotopic (exact) mass is 353 g/mol. The summed E-state index contributed by atoms with van der Waals surface area (Å²) in [7, 11) is 3.27. The number of methoxy groups -OCH3 is 1. The van der Waals surface area contributed by atoms with E-state index < -0.39 is 0 Å². The molecule has 2 aromatic rings. The van der Waals surface area contributed by atoms with Gasteiger partial charge in [-0.3, -0.25) is 4.79 Å². The van der Waals surface area contributed by atoms with Gasteiger partial charge < -0.3 is 14.4 Å². The number of para-hydroxylation sites is 1. The Balaban J connectivity index is 1.98. The normalized spacial score (nSPS) is 10.3. The van der Waals surface area contributed by atoms with Gasteiger partial charge in [-0.15, -0.1) is 0 Å². The maximum Gasteiger partial charge on any atom is 0.260 e. The van der Waals surface area contributed by atoms with E-state index in [2.05, 4.69) is 0 Å². The molecule has 0 bridgehead atoms. The van der Waals surface area contributed by atoms with E-state index in [1.54, 1.807) is 61.5 Å². The number of likely N-dealkylation sites (N-methyl/N-ethyl adjacent to an activating group) is 1. The van der Waals surface area contributed by atoms with Crippen LogP contribution in [-0.4, -0.2) is 31.6 Å². The quantitative estimate of drug-likeness (QED) is 0.786. The van der Waals surface area contributed by atoms with Crippen LogP contribution in [0, 0.1) is 0 Å². The zero-order valence-corrected chi connectivity index (χ0v) is 14.4. The Kier molecular flexibility index (Phi) is 6.13. The summed E-state index contributed by atoms with van der Waals surface area (Å²) in [6, 6.07) is 12.3. The van der Waals surface area contributed by atoms with Crippen LogP contribution >= 0.6 is 23.2 Å². The molecule has 0 unspecified atom stereocenters. The minimum Gasteiger partial charge on any atom is -0.496 e. The van der Waals surface area contributed by atoms with Crippen molar-refractivity contribution in [3.63, 3.8) is 0 Å². The number of carbonyl (C=O) groups excluding carboxylic acids is 1. The number of amides is 1. The van der Waals surface area contributed by atoms with Crippen molar-refractivity contribution in [1.82, 2.24) is 4.90 Å². The predicted octanol–water partition coefficient (Wildman–Crippen LogP) is 4.04. The van der Waals surface area contributed by atoms with Crippen LogP contribution in [0.2, 0.25) is 10.0 Å². The number of benzene rings is 2. The Morgan fingerprint density at radius 2 is 1.87 bits per heavy atom. The van der Waals surface area contributed by atoms with Gasteiger partial charge in [0.1, 0.15) is 11.5 Å². The Morgan fingerprint density at radius 3 is 2.57 bits per heavy atom. The molecule has 0 heterocycles. The van der Waals surface area contributed by atoms with Gasteiger partial charge in [-0.2, -0.15) is 0 Å². The summed E-state index contributed by atoms with van der Waals surface area (Å²) in [4.78, 5) is 13.7. The molecular weight excluding hydrogens is 337 g/mol. The molecule has 0 atom stereocenters. The number of rotatable bonds is 6. The molecule has 0 aromatic heterocycles. The van der Waals surface area contributed by atoms with Crippen molar-refractivity contribution in [3.05, 3.63) is 58.1 Å². The van der Waals surface area contributed by atoms with Gasteiger partial charge in [-0.25, -0.2) is 0 Å². The Bertz CT molecular complexity index is 691. The summed E-state index contributed by atoms with van der Waals surface area (Å²) < 4.78 is 10.7. The van der Waals surface area contributed by atoms with Crippen LogP contribution < -0.4 is 9.47 Å². The summed E-state index contributed by atoms with van der Waals surface area (Å²) in [5, 5.41) is 1.06. The van der Waals surface area contributed by atoms with Gasteiger partial charge in [-0.05, 0) is 30.3 Å². The number of nitrogens with zero attached hydrogens (tertiary/aromatic N) is 1. The first kappa shape index (κ1) is 17.4. The van der Waals surface area contributed by atoms with Crippen LogP contribution in [0.1, 0.15) is 5.56 Å². The molecule has 2 rings (SSSR count). The maximum absolute atomic E-state index is 12.2. The second kappa shape index (κ2) is 8.09. The molecule has 6 heteroatoms. The second-order valence-corrected chi connectivity index (χ2v) is 5.77. The number of hydrogen-bond donors (Lipinski definition) is 0. The minimum atomic E-state index is -0.174. The average Bonchev–Trinajstić information content (AvgIpc) is 2.54. The van der Waals surface area contributed by atoms with Crippen molar-refractivity contribution in [3.8, 4) is 11.5 Å². The highest BCUT2D eigenvalue weighted by molar-refractivity contribution is 6.32. The molecule has 122 valence electrons. The first-order chi connectivity index (χ1) is 11.0. The topological polar surface area (TPSA) is 38.8 Å². The lowest BCUT2D eigenvalue weighted by Crippen LogP contribution is -2.31. The number of halogens is 2. The van der Waals surface area contributed by atoms with E-state index in [1.807, 2.05) is 0 Å². The highest BCUT2D eigenvalue weighted by Crippen LogP contribution is 2.25. The van der Waals surface area contributed by atoms with Crippen LogP contribution in [0.25, 0.3) is 0 Å². The fourth-order valence-corrected chi connectivity index (χ4v) is 2.41. The molecule has 0 aliphatic heterocycles. The lowest BCUT2D eigenvalue weighted by molar-refractivity contribution is -0.132. The summed E-state index contributed by atoms with van der Waals surface area (Å²) in [6.45, 7) is 0.275. The molecule has 0 radical (unpaired) electrons. The van der Waals surface area contributed by atoms with Gasteiger partial charge in [0.2, 0.25) is 0 Å². The van der Waals surface area contributed by atoms with Gasteiger partial charge in [-0.1, -0.05) is 35.3 Å². The van der Waals surface area contributed by atoms with E-state index in [9.17, 15) is 4.79 Å². The lowest BCUT2D eigenvalue weighted by Gasteiger charge is -2.19. The smallest absolute Gasteiger partial charge is 0.260 e. The summed E-state index contributed by atoms with van der Waals surface area (Å²) in [5.74, 6) is 0.990. The van der Waals surface area contributed by atoms with Crippen molar-refractivity contribution in [1.29, 1.82) is 0 Å². The van der Waals surface area contributed by atoms with Crippen molar-refractivity contribution >= 4 is 29.1 Å². The Labute approximate surface area is 145 Å². The molecule has 0 saturated heterocycles. The maximum atomic E-state index is 12.2. The van der Waals surface area contributed by atoms with Crippen molar-refractivity contribution in [2.75, 3.05) is 20.8 Å². The van der Waals surface area contributed by atoms with Crippen molar-refractivity contribution in [2.24, 2.45) is 0 Å². The van der Waals surface area contributed by atoms with Crippen molar-refractivity contribution in [2.45, 2.75) is 6.54 Å². The van der Waals surface area contributed by atoms with E-state index in [4.69, 9.17) is 32.7 Å². The van der Waals surface area contributed by atoms with E-state index in [1.165, 1.54) is 0 Å². The second-order valence-electron chi connectivity index (χ2n) is 4.93. The van der Waals surface area contributed by atoms with Crippen LogP contribution in [0.4, 0.5) is 0 Å². The third-order valence-electron chi connectivity index (χ3n) is 3.26. The predicted molar refractivity (Wildman–Crippen MR) is 91.4 cm³/mol. The van der Waals surface area contributed by atoms with Crippen LogP contribution in [0.5, 0.6) is 11.5 Å². The molecule has 23 heavy (non-hydrogen) atoms. The standard InChI is InChI=1S/C17H17Cl2NO3/c1-20(10-12-9-13(18)7-8-15(12)22-2)17(21)11-23-16-6-4-3-5-14(16)19/h3-9H,10-11H2,1-2H3. The van der Waals surface area contributed by atoms with E-state index in [0.717, 1.165) is 5.56 Å². The lowest BCUT2D eigenvalue weighted by atomic mass is 10.2. The van der Waals surface area contributed by atoms with E-state index >= 15 is 0 Å². The zero-order chi connectivity index (χ0) is 16.8. The fourth-order valence-electron chi connectivity index (χ4n) is 2.03. The third-order valence-corrected chi connectivity index (χ3v) is 3.81. The fraction of sp³-hybridized carbons (Fsp3) is 0.235. The molecule has 0 aliphatic rings. The largest absolute Gasteiger partial charge is 0.496 e. The molecule has 0 fully saturated rings. The Hall–Kier alpha value is -1.91. The third kappa shape index (κ3) is 4.78. The van der Waals surface area contributed by atoms with E-state index in [-0.39, 0.29) is 12.5 Å². The highest BCUT2D eigenvalue weighted by atomic mass is 35.5. The molecule has 0 saturated carbocycles. The molecule has 2 aromatic carbocycles. The number of hydrogen-bond acceptors (Lipinski definition) is 3. The van der Waals surface area contributed by atoms with Crippen LogP contribution in [0.15, 0.2) is 42.5 Å². The van der Waals surface area contributed by atoms with Gasteiger partial charge in [0.15, 0.2) is 6.61 Å². The first-order valence-corrected chi connectivity index (χ1v) is 7.70. The van der Waals surface area contributed by atoms with Gasteiger partial charge in [0, 0.05) is 24.2 Å². The number of carbonyl (C=O) groups is 1. The molecule has 0 aliphatic carbocycles. The van der Waals surface area contributed by atoms with E-state index in [0.29, 0.717) is 28.1 Å². The summed E-state index contributed by atoms with van der Waals surface area (Å²) >= 11 is 12.0. The van der Waals surface area contributed by atoms with Crippen LogP contribution in [0.3, 0.4) is 0 Å². The first-order valence-electron chi connectivity index (χ1n) is 6.95. The molecule has 1 amide bonds. The van der Waals surface area contributed by atoms with Gasteiger partial charge >= 0.3 is 0 Å². The molecule has 0 N–H and O–H groups in total. The summed E-state index contributed by atoms with van der Waals surface area (Å²) in [5.41, 5.74) is 0.827. The van der Waals surface area contributed by atoms with Gasteiger partial charge in [0.05, 0.1) is 12.1 Å². The highest BCUT2D eigenvalue weighted by Gasteiger charge is 2.14. The molecule has 4 nitrogen and oxygen atoms in total. The SMILES string of the molecule is COc1ccc(Cl)cc1CN(C)C(=O)COc1ccccc1Cl. The zero-order valence-electron chi connectivity index (χ0n) is 12.9.